The van der Waals surface area contributed by atoms with Crippen LogP contribution in [-0.4, -0.2) is 22.1 Å². The van der Waals surface area contributed by atoms with Crippen LogP contribution in [0, 0.1) is 5.82 Å². The summed E-state index contributed by atoms with van der Waals surface area (Å²) in [6.07, 6.45) is 2.99. The summed E-state index contributed by atoms with van der Waals surface area (Å²) < 4.78 is 14.1. The van der Waals surface area contributed by atoms with E-state index in [9.17, 15) is 14.0 Å². The fourth-order valence-electron chi connectivity index (χ4n) is 1.77. The molecular formula is C9H12FN3O2. The van der Waals surface area contributed by atoms with Crippen LogP contribution in [0.15, 0.2) is 15.8 Å². The van der Waals surface area contributed by atoms with E-state index in [0.29, 0.717) is 6.54 Å². The second-order valence-corrected chi connectivity index (χ2v) is 3.68. The molecule has 1 atom stereocenters. The second kappa shape index (κ2) is 3.98. The highest BCUT2D eigenvalue weighted by Gasteiger charge is 2.15. The number of aromatic nitrogens is 2. The van der Waals surface area contributed by atoms with Crippen LogP contribution in [-0.2, 0) is 6.54 Å². The smallest absolute Gasteiger partial charge is 0.312 e. The van der Waals surface area contributed by atoms with Crippen LogP contribution in [0.3, 0.4) is 0 Å². The zero-order valence-electron chi connectivity index (χ0n) is 8.12. The molecule has 0 aromatic carbocycles. The summed E-state index contributed by atoms with van der Waals surface area (Å²) in [6.45, 7) is 1.32. The van der Waals surface area contributed by atoms with Crippen molar-refractivity contribution in [1.29, 1.82) is 0 Å². The van der Waals surface area contributed by atoms with Crippen molar-refractivity contribution >= 4 is 0 Å². The topological polar surface area (TPSA) is 66.9 Å². The molecule has 0 saturated carbocycles. The minimum Gasteiger partial charge on any atom is -0.312 e. The van der Waals surface area contributed by atoms with Crippen molar-refractivity contribution in [3.63, 3.8) is 0 Å². The van der Waals surface area contributed by atoms with E-state index in [2.05, 4.69) is 5.32 Å². The van der Waals surface area contributed by atoms with E-state index in [-0.39, 0.29) is 6.04 Å². The molecule has 1 aliphatic rings. The van der Waals surface area contributed by atoms with Crippen molar-refractivity contribution in [3.8, 4) is 0 Å². The van der Waals surface area contributed by atoms with Gasteiger partial charge in [-0.3, -0.25) is 14.3 Å². The zero-order valence-corrected chi connectivity index (χ0v) is 8.12. The molecule has 0 radical (unpaired) electrons. The molecule has 1 saturated heterocycles. The standard InChI is InChI=1S/C9H12FN3O2/c10-7-5-13(9(15)12-8(7)14)4-6-2-1-3-11-6/h5-6,11H,1-4H2,(H,12,14,15)/t6-/m1/s1. The van der Waals surface area contributed by atoms with E-state index in [1.807, 2.05) is 4.98 Å². The Morgan fingerprint density at radius 2 is 2.33 bits per heavy atom. The quantitative estimate of drug-likeness (QED) is 0.691. The Hall–Kier alpha value is -1.43. The van der Waals surface area contributed by atoms with Gasteiger partial charge in [0, 0.05) is 12.6 Å². The molecule has 0 bridgehead atoms. The van der Waals surface area contributed by atoms with Crippen LogP contribution in [0.1, 0.15) is 12.8 Å². The fourth-order valence-corrected chi connectivity index (χ4v) is 1.77. The molecule has 1 aromatic rings. The Kier molecular flexibility index (Phi) is 2.68. The van der Waals surface area contributed by atoms with Crippen LogP contribution >= 0.6 is 0 Å². The van der Waals surface area contributed by atoms with E-state index in [0.717, 1.165) is 25.6 Å². The number of aromatic amines is 1. The number of hydrogen-bond donors (Lipinski definition) is 2. The lowest BCUT2D eigenvalue weighted by atomic mass is 10.2. The van der Waals surface area contributed by atoms with Crippen molar-refractivity contribution in [2.24, 2.45) is 0 Å². The van der Waals surface area contributed by atoms with Crippen molar-refractivity contribution in [2.45, 2.75) is 25.4 Å². The van der Waals surface area contributed by atoms with Gasteiger partial charge in [-0.05, 0) is 19.4 Å². The van der Waals surface area contributed by atoms with Gasteiger partial charge in [0.25, 0.3) is 5.56 Å². The molecular weight excluding hydrogens is 201 g/mol. The Bertz CT molecular complexity index is 459. The lowest BCUT2D eigenvalue weighted by Crippen LogP contribution is -2.36. The molecule has 2 rings (SSSR count). The molecule has 0 amide bonds. The van der Waals surface area contributed by atoms with Crippen LogP contribution < -0.4 is 16.6 Å². The average Bonchev–Trinajstić information content (AvgIpc) is 2.67. The highest BCUT2D eigenvalue weighted by molar-refractivity contribution is 4.88. The van der Waals surface area contributed by atoms with Crippen LogP contribution in [0.4, 0.5) is 4.39 Å². The Labute approximate surface area is 84.9 Å². The van der Waals surface area contributed by atoms with Gasteiger partial charge in [-0.1, -0.05) is 0 Å². The molecule has 2 N–H and O–H groups in total. The molecule has 5 nitrogen and oxygen atoms in total. The van der Waals surface area contributed by atoms with E-state index in [4.69, 9.17) is 0 Å². The Morgan fingerprint density at radius 1 is 1.53 bits per heavy atom. The summed E-state index contributed by atoms with van der Waals surface area (Å²) in [5, 5.41) is 3.19. The van der Waals surface area contributed by atoms with Crippen molar-refractivity contribution in [1.82, 2.24) is 14.9 Å². The zero-order chi connectivity index (χ0) is 10.8. The van der Waals surface area contributed by atoms with Gasteiger partial charge in [-0.25, -0.2) is 4.79 Å². The summed E-state index contributed by atoms with van der Waals surface area (Å²) in [7, 11) is 0. The van der Waals surface area contributed by atoms with Gasteiger partial charge in [-0.2, -0.15) is 4.39 Å². The Balaban J connectivity index is 2.24. The lowest BCUT2D eigenvalue weighted by molar-refractivity contribution is 0.473. The van der Waals surface area contributed by atoms with Gasteiger partial charge in [0.15, 0.2) is 0 Å². The van der Waals surface area contributed by atoms with E-state index < -0.39 is 17.1 Å². The van der Waals surface area contributed by atoms with Gasteiger partial charge in [0.1, 0.15) is 0 Å². The fraction of sp³-hybridized carbons (Fsp3) is 0.556. The summed E-state index contributed by atoms with van der Waals surface area (Å²) in [6, 6.07) is 0.188. The minimum absolute atomic E-state index is 0.188. The minimum atomic E-state index is -0.962. The van der Waals surface area contributed by atoms with E-state index >= 15 is 0 Å². The van der Waals surface area contributed by atoms with Crippen LogP contribution in [0.2, 0.25) is 0 Å². The highest BCUT2D eigenvalue weighted by atomic mass is 19.1. The van der Waals surface area contributed by atoms with Gasteiger partial charge in [-0.15, -0.1) is 0 Å². The normalized spacial score (nSPS) is 20.7. The summed E-state index contributed by atoms with van der Waals surface area (Å²) in [4.78, 5) is 24.0. The van der Waals surface area contributed by atoms with E-state index in [1.165, 1.54) is 4.57 Å². The molecule has 0 spiro atoms. The van der Waals surface area contributed by atoms with Gasteiger partial charge >= 0.3 is 5.69 Å². The van der Waals surface area contributed by atoms with Crippen molar-refractivity contribution in [3.05, 3.63) is 32.9 Å². The number of rotatable bonds is 2. The maximum atomic E-state index is 12.9. The third-order valence-electron chi connectivity index (χ3n) is 2.55. The predicted molar refractivity (Wildman–Crippen MR) is 52.3 cm³/mol. The monoisotopic (exact) mass is 213 g/mol. The van der Waals surface area contributed by atoms with Gasteiger partial charge in [0.05, 0.1) is 6.20 Å². The van der Waals surface area contributed by atoms with Crippen molar-refractivity contribution < 1.29 is 4.39 Å². The molecule has 1 aliphatic heterocycles. The predicted octanol–water partition coefficient (Wildman–Crippen LogP) is -0.572. The SMILES string of the molecule is O=c1[nH]c(=O)n(C[C@H]2CCCN2)cc1F. The molecule has 6 heteroatoms. The maximum absolute atomic E-state index is 12.9. The average molecular weight is 213 g/mol. The molecule has 1 aromatic heterocycles. The molecule has 82 valence electrons. The molecule has 0 aliphatic carbocycles. The lowest BCUT2D eigenvalue weighted by Gasteiger charge is -2.11. The number of nitrogens with zero attached hydrogens (tertiary/aromatic N) is 1. The first-order valence-corrected chi connectivity index (χ1v) is 4.89. The summed E-state index contributed by atoms with van der Waals surface area (Å²) in [5.74, 6) is -0.924. The summed E-state index contributed by atoms with van der Waals surface area (Å²) >= 11 is 0. The van der Waals surface area contributed by atoms with Gasteiger partial charge < -0.3 is 5.32 Å². The molecule has 1 fully saturated rings. The van der Waals surface area contributed by atoms with Gasteiger partial charge in [0.2, 0.25) is 5.82 Å². The van der Waals surface area contributed by atoms with Crippen molar-refractivity contribution in [2.75, 3.05) is 6.54 Å². The summed E-state index contributed by atoms with van der Waals surface area (Å²) in [5.41, 5.74) is -1.52. The molecule has 2 heterocycles. The largest absolute Gasteiger partial charge is 0.328 e. The number of nitrogens with one attached hydrogen (secondary N) is 2. The first-order valence-electron chi connectivity index (χ1n) is 4.89. The number of hydrogen-bond acceptors (Lipinski definition) is 3. The Morgan fingerprint density at radius 3 is 3.00 bits per heavy atom. The number of halogens is 1. The second-order valence-electron chi connectivity index (χ2n) is 3.68. The highest BCUT2D eigenvalue weighted by Crippen LogP contribution is 2.05. The van der Waals surface area contributed by atoms with E-state index in [1.54, 1.807) is 0 Å². The van der Waals surface area contributed by atoms with Crippen LogP contribution in [0.25, 0.3) is 0 Å². The van der Waals surface area contributed by atoms with Crippen LogP contribution in [0.5, 0.6) is 0 Å². The first kappa shape index (κ1) is 10.1. The molecule has 15 heavy (non-hydrogen) atoms. The molecule has 0 unspecified atom stereocenters. The third kappa shape index (κ3) is 2.15. The third-order valence-corrected chi connectivity index (χ3v) is 2.55. The first-order chi connectivity index (χ1) is 7.16. The maximum Gasteiger partial charge on any atom is 0.328 e. The number of H-pyrrole nitrogens is 1.